The third-order valence-corrected chi connectivity index (χ3v) is 3.78. The molecule has 1 aliphatic heterocycles. The van der Waals surface area contributed by atoms with Crippen LogP contribution in [0.15, 0.2) is 18.2 Å². The largest absolute Gasteiger partial charge is 0.383 e. The van der Waals surface area contributed by atoms with Gasteiger partial charge in [-0.1, -0.05) is 26.8 Å². The van der Waals surface area contributed by atoms with Crippen LogP contribution < -0.4 is 10.2 Å². The van der Waals surface area contributed by atoms with Crippen LogP contribution >= 0.6 is 0 Å². The summed E-state index contributed by atoms with van der Waals surface area (Å²) in [5.41, 5.74) is 4.21. The number of rotatable bonds is 0. The average Bonchev–Trinajstić information content (AvgIpc) is 2.38. The lowest BCUT2D eigenvalue weighted by molar-refractivity contribution is 0.590. The van der Waals surface area contributed by atoms with Gasteiger partial charge in [0.25, 0.3) is 0 Å². The summed E-state index contributed by atoms with van der Waals surface area (Å²) in [6, 6.07) is 7.42. The van der Waals surface area contributed by atoms with Crippen molar-refractivity contribution in [2.24, 2.45) is 0 Å². The molecule has 1 aliphatic rings. The highest BCUT2D eigenvalue weighted by Gasteiger charge is 2.20. The first-order valence-corrected chi connectivity index (χ1v) is 6.51. The summed E-state index contributed by atoms with van der Waals surface area (Å²) >= 11 is 0. The van der Waals surface area contributed by atoms with E-state index in [0.29, 0.717) is 6.04 Å². The fourth-order valence-corrected chi connectivity index (χ4v) is 2.30. The van der Waals surface area contributed by atoms with Crippen LogP contribution in [-0.4, -0.2) is 19.6 Å². The number of hydrogen-bond donors (Lipinski definition) is 1. The number of nitrogens with zero attached hydrogens (tertiary/aromatic N) is 1. The molecule has 0 radical (unpaired) electrons. The molecule has 1 aromatic rings. The van der Waals surface area contributed by atoms with Crippen LogP contribution in [0.1, 0.15) is 39.7 Å². The standard InChI is InChI=1S/C15H24N2/c1-11-8-9-16-13-10-12(15(2,3)4)6-7-14(13)17(11)5/h6-7,10-11,16H,8-9H2,1-5H3. The fourth-order valence-electron chi connectivity index (χ4n) is 2.30. The molecule has 0 amide bonds. The Hall–Kier alpha value is -1.18. The second kappa shape index (κ2) is 4.25. The van der Waals surface area contributed by atoms with Crippen molar-refractivity contribution in [3.05, 3.63) is 23.8 Å². The van der Waals surface area contributed by atoms with Crippen LogP contribution in [-0.2, 0) is 5.41 Å². The van der Waals surface area contributed by atoms with Gasteiger partial charge in [0.15, 0.2) is 0 Å². The monoisotopic (exact) mass is 232 g/mol. The first-order chi connectivity index (χ1) is 7.89. The Labute approximate surface area is 105 Å². The van der Waals surface area contributed by atoms with Crippen LogP contribution in [0.3, 0.4) is 0 Å². The van der Waals surface area contributed by atoms with Gasteiger partial charge in [-0.2, -0.15) is 0 Å². The highest BCUT2D eigenvalue weighted by atomic mass is 15.2. The average molecular weight is 232 g/mol. The van der Waals surface area contributed by atoms with Gasteiger partial charge in [-0.3, -0.25) is 0 Å². The van der Waals surface area contributed by atoms with Crippen LogP contribution in [0.25, 0.3) is 0 Å². The molecule has 0 aromatic heterocycles. The van der Waals surface area contributed by atoms with Gasteiger partial charge in [0.1, 0.15) is 0 Å². The van der Waals surface area contributed by atoms with Gasteiger partial charge in [0.2, 0.25) is 0 Å². The molecule has 0 bridgehead atoms. The zero-order valence-corrected chi connectivity index (χ0v) is 11.7. The predicted octanol–water partition coefficient (Wildman–Crippen LogP) is 3.62. The Kier molecular flexibility index (Phi) is 3.07. The summed E-state index contributed by atoms with van der Waals surface area (Å²) in [5.74, 6) is 0. The van der Waals surface area contributed by atoms with Crippen molar-refractivity contribution in [3.8, 4) is 0 Å². The summed E-state index contributed by atoms with van der Waals surface area (Å²) < 4.78 is 0. The Bertz CT molecular complexity index is 404. The topological polar surface area (TPSA) is 15.3 Å². The van der Waals surface area contributed by atoms with E-state index in [2.05, 4.69) is 63.2 Å². The molecule has 0 saturated carbocycles. The Morgan fingerprint density at radius 2 is 2.00 bits per heavy atom. The van der Waals surface area contributed by atoms with Gasteiger partial charge in [-0.15, -0.1) is 0 Å². The van der Waals surface area contributed by atoms with E-state index < -0.39 is 0 Å². The summed E-state index contributed by atoms with van der Waals surface area (Å²) in [6.07, 6.45) is 1.19. The molecule has 2 heteroatoms. The summed E-state index contributed by atoms with van der Waals surface area (Å²) in [4.78, 5) is 2.38. The lowest BCUT2D eigenvalue weighted by atomic mass is 9.86. The van der Waals surface area contributed by atoms with Crippen molar-refractivity contribution in [2.45, 2.75) is 45.6 Å². The number of nitrogens with one attached hydrogen (secondary N) is 1. The summed E-state index contributed by atoms with van der Waals surface area (Å²) in [7, 11) is 2.19. The number of anilines is 2. The van der Waals surface area contributed by atoms with E-state index in [1.54, 1.807) is 0 Å². The minimum atomic E-state index is 0.215. The van der Waals surface area contributed by atoms with Crippen LogP contribution in [0.2, 0.25) is 0 Å². The molecule has 1 unspecified atom stereocenters. The molecular weight excluding hydrogens is 208 g/mol. The quantitative estimate of drug-likeness (QED) is 0.735. The van der Waals surface area contributed by atoms with Gasteiger partial charge in [0, 0.05) is 19.6 Å². The normalized spacial score (nSPS) is 20.5. The molecule has 1 heterocycles. The van der Waals surface area contributed by atoms with Crippen molar-refractivity contribution in [1.82, 2.24) is 0 Å². The molecule has 2 nitrogen and oxygen atoms in total. The van der Waals surface area contributed by atoms with E-state index in [1.807, 2.05) is 0 Å². The summed E-state index contributed by atoms with van der Waals surface area (Å²) in [5, 5.41) is 3.56. The molecule has 1 aromatic carbocycles. The van der Waals surface area contributed by atoms with E-state index in [9.17, 15) is 0 Å². The molecular formula is C15H24N2. The van der Waals surface area contributed by atoms with E-state index in [1.165, 1.54) is 23.4 Å². The lowest BCUT2D eigenvalue weighted by Crippen LogP contribution is -2.28. The smallest absolute Gasteiger partial charge is 0.0602 e. The van der Waals surface area contributed by atoms with Crippen LogP contribution in [0.5, 0.6) is 0 Å². The number of fused-ring (bicyclic) bond motifs is 1. The zero-order chi connectivity index (χ0) is 12.6. The van der Waals surface area contributed by atoms with Gasteiger partial charge < -0.3 is 10.2 Å². The minimum absolute atomic E-state index is 0.215. The Morgan fingerprint density at radius 3 is 2.65 bits per heavy atom. The lowest BCUT2D eigenvalue weighted by Gasteiger charge is -2.27. The summed E-state index contributed by atoms with van der Waals surface area (Å²) in [6.45, 7) is 10.1. The van der Waals surface area contributed by atoms with Crippen LogP contribution in [0.4, 0.5) is 11.4 Å². The predicted molar refractivity (Wildman–Crippen MR) is 76.1 cm³/mol. The molecule has 0 saturated heterocycles. The molecule has 0 aliphatic carbocycles. The fraction of sp³-hybridized carbons (Fsp3) is 0.600. The van der Waals surface area contributed by atoms with Crippen molar-refractivity contribution in [2.75, 3.05) is 23.8 Å². The third-order valence-electron chi connectivity index (χ3n) is 3.78. The third kappa shape index (κ3) is 2.41. The maximum absolute atomic E-state index is 3.56. The molecule has 94 valence electrons. The second-order valence-electron chi connectivity index (χ2n) is 6.16. The van der Waals surface area contributed by atoms with Crippen molar-refractivity contribution < 1.29 is 0 Å². The van der Waals surface area contributed by atoms with Crippen molar-refractivity contribution >= 4 is 11.4 Å². The van der Waals surface area contributed by atoms with E-state index in [4.69, 9.17) is 0 Å². The minimum Gasteiger partial charge on any atom is -0.383 e. The van der Waals surface area contributed by atoms with E-state index >= 15 is 0 Å². The first kappa shape index (κ1) is 12.3. The first-order valence-electron chi connectivity index (χ1n) is 6.51. The molecule has 0 fully saturated rings. The Morgan fingerprint density at radius 1 is 1.29 bits per heavy atom. The molecule has 0 spiro atoms. The molecule has 2 rings (SSSR count). The zero-order valence-electron chi connectivity index (χ0n) is 11.7. The SMILES string of the molecule is CC1CCNc2cc(C(C)(C)C)ccc2N1C. The highest BCUT2D eigenvalue weighted by molar-refractivity contribution is 5.72. The van der Waals surface area contributed by atoms with Crippen molar-refractivity contribution in [1.29, 1.82) is 0 Å². The number of benzene rings is 1. The van der Waals surface area contributed by atoms with E-state index in [0.717, 1.165) is 6.54 Å². The second-order valence-corrected chi connectivity index (χ2v) is 6.16. The van der Waals surface area contributed by atoms with Gasteiger partial charge in [-0.05, 0) is 36.5 Å². The highest BCUT2D eigenvalue weighted by Crippen LogP contribution is 2.34. The maximum atomic E-state index is 3.56. The van der Waals surface area contributed by atoms with Crippen LogP contribution in [0, 0.1) is 0 Å². The van der Waals surface area contributed by atoms with E-state index in [-0.39, 0.29) is 5.41 Å². The van der Waals surface area contributed by atoms with Gasteiger partial charge >= 0.3 is 0 Å². The van der Waals surface area contributed by atoms with Gasteiger partial charge in [-0.25, -0.2) is 0 Å². The number of hydrogen-bond acceptors (Lipinski definition) is 2. The Balaban J connectivity index is 2.43. The van der Waals surface area contributed by atoms with Gasteiger partial charge in [0.05, 0.1) is 11.4 Å². The van der Waals surface area contributed by atoms with Crippen molar-refractivity contribution in [3.63, 3.8) is 0 Å². The molecule has 1 N–H and O–H groups in total. The molecule has 1 atom stereocenters. The maximum Gasteiger partial charge on any atom is 0.0602 e. The molecule has 17 heavy (non-hydrogen) atoms.